The quantitative estimate of drug-likeness (QED) is 0.526. The van der Waals surface area contributed by atoms with Crippen molar-refractivity contribution >= 4 is 11.8 Å². The Kier molecular flexibility index (Phi) is 4.31. The van der Waals surface area contributed by atoms with Gasteiger partial charge in [-0.2, -0.15) is 11.8 Å². The summed E-state index contributed by atoms with van der Waals surface area (Å²) in [5.74, 6) is 0.446. The molecule has 1 heterocycles. The average molecular weight is 194 g/mol. The van der Waals surface area contributed by atoms with Crippen molar-refractivity contribution in [2.45, 2.75) is 17.5 Å². The van der Waals surface area contributed by atoms with Gasteiger partial charge in [-0.1, -0.05) is 0 Å². The molecule has 3 N–H and O–H groups in total. The maximum absolute atomic E-state index is 9.28. The molecule has 1 rings (SSSR count). The molecule has 0 spiro atoms. The van der Waals surface area contributed by atoms with Crippen LogP contribution in [0, 0.1) is 0 Å². The third-order valence-electron chi connectivity index (χ3n) is 1.71. The van der Waals surface area contributed by atoms with Crippen LogP contribution in [0.15, 0.2) is 0 Å². The average Bonchev–Trinajstić information content (AvgIpc) is 2.47. The zero-order valence-corrected chi connectivity index (χ0v) is 7.54. The monoisotopic (exact) mass is 194 g/mol. The first-order valence-corrected chi connectivity index (χ1v) is 4.95. The Morgan fingerprint density at radius 1 is 1.50 bits per heavy atom. The fourth-order valence-corrected chi connectivity index (χ4v) is 2.04. The van der Waals surface area contributed by atoms with Gasteiger partial charge < -0.3 is 20.1 Å². The Bertz CT molecular complexity index is 133. The van der Waals surface area contributed by atoms with E-state index in [1.54, 1.807) is 0 Å². The van der Waals surface area contributed by atoms with Crippen LogP contribution in [0.25, 0.3) is 0 Å². The number of rotatable bonds is 4. The topological polar surface area (TPSA) is 69.9 Å². The van der Waals surface area contributed by atoms with E-state index in [1.807, 2.05) is 0 Å². The lowest BCUT2D eigenvalue weighted by atomic mass is 10.3. The molecule has 0 aromatic carbocycles. The van der Waals surface area contributed by atoms with Crippen LogP contribution in [-0.4, -0.2) is 58.4 Å². The predicted octanol–water partition coefficient (Wildman–Crippen LogP) is -1.17. The fraction of sp³-hybridized carbons (Fsp3) is 1.00. The van der Waals surface area contributed by atoms with E-state index in [1.165, 1.54) is 11.8 Å². The minimum absolute atomic E-state index is 0.0474. The fourth-order valence-electron chi connectivity index (χ4n) is 0.970. The van der Waals surface area contributed by atoms with Gasteiger partial charge in [-0.05, 0) is 0 Å². The highest BCUT2D eigenvalue weighted by Gasteiger charge is 2.26. The summed E-state index contributed by atoms with van der Waals surface area (Å²) < 4.78 is 5.02. The smallest absolute Gasteiger partial charge is 0.0914 e. The van der Waals surface area contributed by atoms with E-state index in [2.05, 4.69) is 0 Å². The third-order valence-corrected chi connectivity index (χ3v) is 3.17. The van der Waals surface area contributed by atoms with Gasteiger partial charge in [-0.3, -0.25) is 0 Å². The molecule has 0 aliphatic carbocycles. The second kappa shape index (κ2) is 5.04. The van der Waals surface area contributed by atoms with Crippen LogP contribution in [0.2, 0.25) is 0 Å². The molecule has 72 valence electrons. The number of hydrogen-bond donors (Lipinski definition) is 3. The summed E-state index contributed by atoms with van der Waals surface area (Å²) in [6.45, 7) is 0.688. The van der Waals surface area contributed by atoms with Gasteiger partial charge in [0.15, 0.2) is 0 Å². The van der Waals surface area contributed by atoms with Gasteiger partial charge in [0, 0.05) is 5.75 Å². The molecule has 5 heteroatoms. The highest BCUT2D eigenvalue weighted by molar-refractivity contribution is 8.00. The van der Waals surface area contributed by atoms with Crippen LogP contribution in [0.3, 0.4) is 0 Å². The maximum Gasteiger partial charge on any atom is 0.0914 e. The molecule has 0 saturated carbocycles. The lowest BCUT2D eigenvalue weighted by Crippen LogP contribution is -2.24. The molecule has 12 heavy (non-hydrogen) atoms. The highest BCUT2D eigenvalue weighted by atomic mass is 32.2. The Labute approximate surface area is 75.5 Å². The second-order valence-electron chi connectivity index (χ2n) is 2.81. The van der Waals surface area contributed by atoms with Crippen molar-refractivity contribution in [3.05, 3.63) is 0 Å². The molecule has 1 saturated heterocycles. The van der Waals surface area contributed by atoms with Crippen molar-refractivity contribution in [3.8, 4) is 0 Å². The minimum atomic E-state index is -0.692. The van der Waals surface area contributed by atoms with Crippen molar-refractivity contribution in [2.75, 3.05) is 25.6 Å². The number of ether oxygens (including phenoxy) is 1. The first-order valence-electron chi connectivity index (χ1n) is 3.90. The first kappa shape index (κ1) is 10.3. The molecular weight excluding hydrogens is 180 g/mol. The van der Waals surface area contributed by atoms with Crippen LogP contribution in [0.1, 0.15) is 0 Å². The van der Waals surface area contributed by atoms with Crippen LogP contribution in [-0.2, 0) is 4.74 Å². The van der Waals surface area contributed by atoms with E-state index in [0.717, 1.165) is 0 Å². The summed E-state index contributed by atoms with van der Waals surface area (Å²) in [6, 6.07) is 0. The highest BCUT2D eigenvalue weighted by Crippen LogP contribution is 2.21. The molecule has 1 fully saturated rings. The normalized spacial score (nSPS) is 32.2. The molecule has 1 unspecified atom stereocenters. The molecule has 4 nitrogen and oxygen atoms in total. The van der Waals surface area contributed by atoms with E-state index in [4.69, 9.17) is 14.9 Å². The number of aliphatic hydroxyl groups excluding tert-OH is 3. The van der Waals surface area contributed by atoms with Crippen LogP contribution < -0.4 is 0 Å². The Balaban J connectivity index is 2.13. The molecule has 1 aliphatic rings. The molecule has 0 radical (unpaired) electrons. The lowest BCUT2D eigenvalue weighted by molar-refractivity contribution is 0.113. The summed E-state index contributed by atoms with van der Waals surface area (Å²) in [5.41, 5.74) is 0. The van der Waals surface area contributed by atoms with E-state index in [-0.39, 0.29) is 11.9 Å². The van der Waals surface area contributed by atoms with Gasteiger partial charge in [0.25, 0.3) is 0 Å². The van der Waals surface area contributed by atoms with Crippen molar-refractivity contribution in [2.24, 2.45) is 0 Å². The summed E-state index contributed by atoms with van der Waals surface area (Å²) >= 11 is 1.44. The molecule has 0 bridgehead atoms. The number of hydrogen-bond acceptors (Lipinski definition) is 5. The van der Waals surface area contributed by atoms with Crippen molar-refractivity contribution in [3.63, 3.8) is 0 Å². The lowest BCUT2D eigenvalue weighted by Gasteiger charge is -2.13. The second-order valence-corrected chi connectivity index (χ2v) is 4.09. The molecule has 0 aromatic heterocycles. The van der Waals surface area contributed by atoms with Gasteiger partial charge in [0.1, 0.15) is 0 Å². The summed E-state index contributed by atoms with van der Waals surface area (Å²) in [4.78, 5) is 0. The minimum Gasteiger partial charge on any atom is -0.394 e. The predicted molar refractivity (Wildman–Crippen MR) is 46.2 cm³/mol. The Morgan fingerprint density at radius 2 is 2.25 bits per heavy atom. The van der Waals surface area contributed by atoms with Gasteiger partial charge in [0.2, 0.25) is 0 Å². The molecule has 3 atom stereocenters. The SMILES string of the molecule is OCC(O)CS[C@@H]1COC[C@H]1O. The molecule has 0 amide bonds. The third kappa shape index (κ3) is 2.91. The van der Waals surface area contributed by atoms with Gasteiger partial charge in [-0.25, -0.2) is 0 Å². The Hall–Kier alpha value is 0.190. The zero-order chi connectivity index (χ0) is 8.97. The zero-order valence-electron chi connectivity index (χ0n) is 6.72. The van der Waals surface area contributed by atoms with Crippen molar-refractivity contribution < 1.29 is 20.1 Å². The van der Waals surface area contributed by atoms with E-state index in [0.29, 0.717) is 19.0 Å². The number of thioether (sulfide) groups is 1. The summed E-state index contributed by atoms with van der Waals surface area (Å²) in [6.07, 6.45) is -1.12. The summed E-state index contributed by atoms with van der Waals surface area (Å²) in [7, 11) is 0. The van der Waals surface area contributed by atoms with Gasteiger partial charge >= 0.3 is 0 Å². The van der Waals surface area contributed by atoms with E-state index < -0.39 is 12.2 Å². The summed E-state index contributed by atoms with van der Waals surface area (Å²) in [5, 5.41) is 26.9. The number of aliphatic hydroxyl groups is 3. The van der Waals surface area contributed by atoms with Crippen molar-refractivity contribution in [1.29, 1.82) is 0 Å². The van der Waals surface area contributed by atoms with Crippen LogP contribution >= 0.6 is 11.8 Å². The maximum atomic E-state index is 9.28. The standard InChI is InChI=1S/C7H14O4S/c8-1-5(9)4-12-7-3-11-2-6(7)10/h5-10H,1-4H2/t5?,6-,7-/m1/s1. The van der Waals surface area contributed by atoms with Gasteiger partial charge in [-0.15, -0.1) is 0 Å². The largest absolute Gasteiger partial charge is 0.394 e. The Morgan fingerprint density at radius 3 is 2.75 bits per heavy atom. The molecule has 1 aliphatic heterocycles. The van der Waals surface area contributed by atoms with E-state index in [9.17, 15) is 5.11 Å². The molecular formula is C7H14O4S. The van der Waals surface area contributed by atoms with Crippen LogP contribution in [0.4, 0.5) is 0 Å². The van der Waals surface area contributed by atoms with Gasteiger partial charge in [0.05, 0.1) is 37.3 Å². The van der Waals surface area contributed by atoms with Crippen molar-refractivity contribution in [1.82, 2.24) is 0 Å². The molecule has 0 aromatic rings. The first-order chi connectivity index (χ1) is 5.74. The van der Waals surface area contributed by atoms with E-state index >= 15 is 0 Å². The van der Waals surface area contributed by atoms with Crippen LogP contribution in [0.5, 0.6) is 0 Å².